The van der Waals surface area contributed by atoms with Crippen LogP contribution in [0.3, 0.4) is 0 Å². The van der Waals surface area contributed by atoms with Crippen LogP contribution < -0.4 is 0 Å². The first-order valence-electron chi connectivity index (χ1n) is 5.10. The topological polar surface area (TPSA) is 54.5 Å². The quantitative estimate of drug-likeness (QED) is 0.769. The first-order chi connectivity index (χ1) is 7.70. The summed E-state index contributed by atoms with van der Waals surface area (Å²) in [4.78, 5) is 0. The average Bonchev–Trinajstić information content (AvgIpc) is 2.76. The third kappa shape index (κ3) is 2.76. The zero-order valence-corrected chi connectivity index (χ0v) is 9.64. The van der Waals surface area contributed by atoms with Gasteiger partial charge in [-0.3, -0.25) is 0 Å². The maximum absolute atomic E-state index is 3.96. The van der Waals surface area contributed by atoms with Gasteiger partial charge in [-0.1, -0.05) is 51.3 Å². The van der Waals surface area contributed by atoms with E-state index in [4.69, 9.17) is 0 Å². The molecule has 0 saturated carbocycles. The number of nitrogens with zero attached hydrogens (tertiary/aromatic N) is 3. The zero-order valence-electron chi connectivity index (χ0n) is 9.64. The van der Waals surface area contributed by atoms with Crippen molar-refractivity contribution >= 4 is 5.57 Å². The summed E-state index contributed by atoms with van der Waals surface area (Å²) < 4.78 is 0. The van der Waals surface area contributed by atoms with Gasteiger partial charge in [-0.05, 0) is 16.7 Å². The minimum atomic E-state index is 0.350. The minimum absolute atomic E-state index is 0.350. The molecule has 0 fully saturated rings. The van der Waals surface area contributed by atoms with Crippen molar-refractivity contribution in [1.82, 2.24) is 20.6 Å². The Balaban J connectivity index is 3.25. The third-order valence-electron chi connectivity index (χ3n) is 2.14. The van der Waals surface area contributed by atoms with Crippen LogP contribution in [0.25, 0.3) is 5.57 Å². The van der Waals surface area contributed by atoms with Crippen molar-refractivity contribution in [2.75, 3.05) is 0 Å². The maximum atomic E-state index is 3.96. The molecule has 0 aliphatic heterocycles. The van der Waals surface area contributed by atoms with Crippen molar-refractivity contribution in [3.8, 4) is 0 Å². The lowest BCUT2D eigenvalue weighted by Gasteiger charge is -2.09. The zero-order chi connectivity index (χ0) is 12.0. The Morgan fingerprint density at radius 2 is 2.12 bits per heavy atom. The smallest absolute Gasteiger partial charge is 0.177 e. The Morgan fingerprint density at radius 3 is 2.56 bits per heavy atom. The predicted octanol–water partition coefficient (Wildman–Crippen LogP) is 2.54. The van der Waals surface area contributed by atoms with E-state index in [9.17, 15) is 0 Å². The van der Waals surface area contributed by atoms with Crippen molar-refractivity contribution in [3.05, 3.63) is 48.9 Å². The molecule has 0 aliphatic rings. The van der Waals surface area contributed by atoms with Gasteiger partial charge in [0.2, 0.25) is 5.82 Å². The number of tetrazole rings is 1. The van der Waals surface area contributed by atoms with Gasteiger partial charge >= 0.3 is 0 Å². The van der Waals surface area contributed by atoms with Gasteiger partial charge in [0.15, 0.2) is 0 Å². The molecule has 0 amide bonds. The molecule has 16 heavy (non-hydrogen) atoms. The largest absolute Gasteiger partial charge is 0.204 e. The Labute approximate surface area is 95.5 Å². The van der Waals surface area contributed by atoms with Crippen LogP contribution in [0.4, 0.5) is 0 Å². The number of hydrogen-bond donors (Lipinski definition) is 1. The lowest BCUT2D eigenvalue weighted by molar-refractivity contribution is 0.793. The summed E-state index contributed by atoms with van der Waals surface area (Å²) in [5.41, 5.74) is 2.00. The minimum Gasteiger partial charge on any atom is -0.177 e. The van der Waals surface area contributed by atoms with Crippen molar-refractivity contribution < 1.29 is 0 Å². The second-order valence-electron chi connectivity index (χ2n) is 3.56. The average molecular weight is 216 g/mol. The number of rotatable bonds is 5. The van der Waals surface area contributed by atoms with Gasteiger partial charge in [-0.15, -0.1) is 10.2 Å². The molecule has 1 aromatic heterocycles. The van der Waals surface area contributed by atoms with Gasteiger partial charge < -0.3 is 0 Å². The fraction of sp³-hybridized carbons (Fsp3) is 0.250. The van der Waals surface area contributed by atoms with E-state index >= 15 is 0 Å². The molecule has 0 aromatic carbocycles. The number of nitrogens with one attached hydrogen (secondary N) is 1. The first-order valence-corrected chi connectivity index (χ1v) is 5.10. The highest BCUT2D eigenvalue weighted by Gasteiger charge is 2.11. The Kier molecular flexibility index (Phi) is 4.39. The molecule has 0 bridgehead atoms. The first kappa shape index (κ1) is 12.1. The van der Waals surface area contributed by atoms with Crippen molar-refractivity contribution in [2.24, 2.45) is 5.92 Å². The lowest BCUT2D eigenvalue weighted by Crippen LogP contribution is -1.97. The van der Waals surface area contributed by atoms with E-state index in [1.54, 1.807) is 12.2 Å². The van der Waals surface area contributed by atoms with Crippen LogP contribution in [0, 0.1) is 5.92 Å². The SMILES string of the molecule is C=C/C=C\C(=C(/C=C)c1nn[nH]n1)C(C)C. The van der Waals surface area contributed by atoms with E-state index in [0.29, 0.717) is 11.7 Å². The molecular weight excluding hydrogens is 200 g/mol. The summed E-state index contributed by atoms with van der Waals surface area (Å²) in [7, 11) is 0. The molecule has 0 aliphatic carbocycles. The van der Waals surface area contributed by atoms with Crippen LogP contribution in [0.1, 0.15) is 19.7 Å². The monoisotopic (exact) mass is 216 g/mol. The predicted molar refractivity (Wildman–Crippen MR) is 65.5 cm³/mol. The Bertz CT molecular complexity index is 410. The summed E-state index contributed by atoms with van der Waals surface area (Å²) in [5, 5.41) is 13.9. The van der Waals surface area contributed by atoms with Crippen LogP contribution in [-0.4, -0.2) is 20.6 Å². The lowest BCUT2D eigenvalue weighted by atomic mass is 9.96. The molecule has 0 radical (unpaired) electrons. The summed E-state index contributed by atoms with van der Waals surface area (Å²) in [6.07, 6.45) is 7.36. The van der Waals surface area contributed by atoms with Crippen molar-refractivity contribution in [2.45, 2.75) is 13.8 Å². The van der Waals surface area contributed by atoms with Crippen LogP contribution in [0.2, 0.25) is 0 Å². The van der Waals surface area contributed by atoms with E-state index < -0.39 is 0 Å². The van der Waals surface area contributed by atoms with E-state index in [0.717, 1.165) is 11.1 Å². The number of H-pyrrole nitrogens is 1. The van der Waals surface area contributed by atoms with E-state index in [-0.39, 0.29) is 0 Å². The molecule has 0 unspecified atom stereocenters. The van der Waals surface area contributed by atoms with Crippen LogP contribution in [0.15, 0.2) is 43.0 Å². The molecule has 1 aromatic rings. The van der Waals surface area contributed by atoms with Gasteiger partial charge in [0.1, 0.15) is 0 Å². The van der Waals surface area contributed by atoms with Gasteiger partial charge in [0, 0.05) is 5.57 Å². The van der Waals surface area contributed by atoms with Crippen LogP contribution >= 0.6 is 0 Å². The molecule has 84 valence electrons. The van der Waals surface area contributed by atoms with E-state index in [1.807, 2.05) is 12.2 Å². The van der Waals surface area contributed by atoms with E-state index in [1.165, 1.54) is 0 Å². The summed E-state index contributed by atoms with van der Waals surface area (Å²) in [6.45, 7) is 11.7. The highest BCUT2D eigenvalue weighted by atomic mass is 15.5. The van der Waals surface area contributed by atoms with Crippen molar-refractivity contribution in [1.29, 1.82) is 0 Å². The second kappa shape index (κ2) is 5.80. The molecule has 1 rings (SSSR count). The molecule has 1 heterocycles. The molecule has 4 heteroatoms. The van der Waals surface area contributed by atoms with Gasteiger partial charge in [0.25, 0.3) is 0 Å². The van der Waals surface area contributed by atoms with E-state index in [2.05, 4.69) is 47.6 Å². The molecule has 0 atom stereocenters. The van der Waals surface area contributed by atoms with Gasteiger partial charge in [-0.25, -0.2) is 0 Å². The fourth-order valence-corrected chi connectivity index (χ4v) is 1.38. The molecule has 0 spiro atoms. The summed E-state index contributed by atoms with van der Waals surface area (Å²) in [6, 6.07) is 0. The van der Waals surface area contributed by atoms with Gasteiger partial charge in [0.05, 0.1) is 0 Å². The molecule has 0 saturated heterocycles. The Morgan fingerprint density at radius 1 is 1.38 bits per heavy atom. The van der Waals surface area contributed by atoms with Crippen molar-refractivity contribution in [3.63, 3.8) is 0 Å². The standard InChI is InChI=1S/C12H16N4/c1-5-7-8-11(9(3)4)10(6-2)12-13-15-16-14-12/h5-9H,1-2H2,3-4H3,(H,13,14,15,16)/b8-7-,11-10-. The Hall–Kier alpha value is -1.97. The number of hydrogen-bond acceptors (Lipinski definition) is 3. The molecule has 4 nitrogen and oxygen atoms in total. The third-order valence-corrected chi connectivity index (χ3v) is 2.14. The summed E-state index contributed by atoms with van der Waals surface area (Å²) in [5.74, 6) is 0.912. The molecular formula is C12H16N4. The maximum Gasteiger partial charge on any atom is 0.204 e. The second-order valence-corrected chi connectivity index (χ2v) is 3.56. The normalized spacial score (nSPS) is 12.9. The number of aromatic amines is 1. The molecule has 1 N–H and O–H groups in total. The number of allylic oxidation sites excluding steroid dienone is 6. The highest BCUT2D eigenvalue weighted by Crippen LogP contribution is 2.23. The van der Waals surface area contributed by atoms with Crippen LogP contribution in [-0.2, 0) is 0 Å². The summed E-state index contributed by atoms with van der Waals surface area (Å²) >= 11 is 0. The van der Waals surface area contributed by atoms with Crippen LogP contribution in [0.5, 0.6) is 0 Å². The van der Waals surface area contributed by atoms with Gasteiger partial charge in [-0.2, -0.15) is 5.21 Å². The fourth-order valence-electron chi connectivity index (χ4n) is 1.38. The highest BCUT2D eigenvalue weighted by molar-refractivity contribution is 5.74. The number of aromatic nitrogens is 4.